The van der Waals surface area contributed by atoms with E-state index in [1.807, 2.05) is 66.7 Å². The molecule has 0 N–H and O–H groups in total. The number of benzene rings is 2. The zero-order valence-electron chi connectivity index (χ0n) is 13.3. The van der Waals surface area contributed by atoms with Crippen LogP contribution in [0.15, 0.2) is 77.5 Å². The third-order valence-electron chi connectivity index (χ3n) is 3.02. The van der Waals surface area contributed by atoms with Crippen LogP contribution in [0.4, 0.5) is 5.69 Å². The lowest BCUT2D eigenvalue weighted by atomic mass is 10.2. The van der Waals surface area contributed by atoms with E-state index in [0.717, 1.165) is 11.3 Å². The molecule has 0 aromatic heterocycles. The lowest BCUT2D eigenvalue weighted by Crippen LogP contribution is -2.14. The Balaban J connectivity index is 2.35. The van der Waals surface area contributed by atoms with Crippen molar-refractivity contribution in [1.29, 1.82) is 5.26 Å². The minimum absolute atomic E-state index is 0.120. The number of ether oxygens (including phenoxy) is 1. The molecule has 2 rings (SSSR count). The molecule has 0 fully saturated rings. The van der Waals surface area contributed by atoms with Gasteiger partial charge in [-0.15, -0.1) is 0 Å². The van der Waals surface area contributed by atoms with E-state index in [2.05, 4.69) is 5.10 Å². The van der Waals surface area contributed by atoms with Gasteiger partial charge in [0.25, 0.3) is 0 Å². The molecule has 5 nitrogen and oxygen atoms in total. The molecule has 0 saturated heterocycles. The van der Waals surface area contributed by atoms with Crippen LogP contribution in [0.3, 0.4) is 0 Å². The molecule has 0 saturated carbocycles. The third-order valence-corrected chi connectivity index (χ3v) is 3.02. The number of hydrazone groups is 1. The van der Waals surface area contributed by atoms with Crippen LogP contribution in [0.25, 0.3) is 0 Å². The molecule has 0 amide bonds. The summed E-state index contributed by atoms with van der Waals surface area (Å²) < 4.78 is 4.89. The Morgan fingerprint density at radius 1 is 1.17 bits per heavy atom. The fourth-order valence-corrected chi connectivity index (χ4v) is 1.88. The number of carbonyl (C=O) groups excluding carboxylic acids is 1. The third kappa shape index (κ3) is 4.82. The number of rotatable bonds is 6. The summed E-state index contributed by atoms with van der Waals surface area (Å²) in [5.74, 6) is -0.671. The summed E-state index contributed by atoms with van der Waals surface area (Å²) in [4.78, 5) is 11.8. The van der Waals surface area contributed by atoms with E-state index < -0.39 is 5.97 Å². The maximum Gasteiger partial charge on any atom is 0.350 e. The van der Waals surface area contributed by atoms with Crippen molar-refractivity contribution in [3.63, 3.8) is 0 Å². The molecule has 5 heteroatoms. The summed E-state index contributed by atoms with van der Waals surface area (Å²) in [6.45, 7) is 1.89. The molecule has 0 unspecified atom stereocenters. The molecule has 0 aliphatic rings. The predicted octanol–water partition coefficient (Wildman–Crippen LogP) is 3.50. The number of hydrogen-bond donors (Lipinski definition) is 0. The van der Waals surface area contributed by atoms with Gasteiger partial charge in [0, 0.05) is 0 Å². The van der Waals surface area contributed by atoms with Crippen LogP contribution < -0.4 is 5.01 Å². The van der Waals surface area contributed by atoms with Gasteiger partial charge in [-0.25, -0.2) is 9.80 Å². The van der Waals surface area contributed by atoms with Crippen molar-refractivity contribution in [2.45, 2.75) is 6.92 Å². The molecule has 0 heterocycles. The largest absolute Gasteiger partial charge is 0.462 e. The number of anilines is 1. The quantitative estimate of drug-likeness (QED) is 0.269. The Morgan fingerprint density at radius 2 is 1.79 bits per heavy atom. The van der Waals surface area contributed by atoms with E-state index >= 15 is 0 Å². The minimum Gasteiger partial charge on any atom is -0.462 e. The summed E-state index contributed by atoms with van der Waals surface area (Å²) in [5, 5.41) is 15.0. The van der Waals surface area contributed by atoms with Gasteiger partial charge in [-0.1, -0.05) is 48.5 Å². The maximum atomic E-state index is 11.8. The number of esters is 1. The van der Waals surface area contributed by atoms with E-state index in [9.17, 15) is 10.1 Å². The van der Waals surface area contributed by atoms with E-state index in [-0.39, 0.29) is 12.2 Å². The standard InChI is InChI=1S/C19H17N3O2/c1-2-24-19(23)17(13-20)15-22(18-11-7-4-8-12-18)21-14-16-9-5-3-6-10-16/h3-12,14-15H,2H2,1H3. The zero-order valence-corrected chi connectivity index (χ0v) is 13.3. The second kappa shape index (κ2) is 8.91. The highest BCUT2D eigenvalue weighted by molar-refractivity contribution is 5.93. The van der Waals surface area contributed by atoms with Crippen molar-refractivity contribution in [2.24, 2.45) is 5.10 Å². The summed E-state index contributed by atoms with van der Waals surface area (Å²) in [6.07, 6.45) is 3.02. The van der Waals surface area contributed by atoms with Crippen LogP contribution >= 0.6 is 0 Å². The summed E-state index contributed by atoms with van der Waals surface area (Å²) >= 11 is 0. The van der Waals surface area contributed by atoms with Crippen LogP contribution in [0.1, 0.15) is 12.5 Å². The van der Waals surface area contributed by atoms with Crippen LogP contribution in [0.2, 0.25) is 0 Å². The normalized spacial score (nSPS) is 11.1. The van der Waals surface area contributed by atoms with Crippen LogP contribution in [0.5, 0.6) is 0 Å². The first-order valence-corrected chi connectivity index (χ1v) is 7.47. The van der Waals surface area contributed by atoms with Crippen LogP contribution in [-0.4, -0.2) is 18.8 Å². The lowest BCUT2D eigenvalue weighted by Gasteiger charge is -2.14. The monoisotopic (exact) mass is 319 g/mol. The molecule has 0 bridgehead atoms. The Hall–Kier alpha value is -3.39. The van der Waals surface area contributed by atoms with E-state index in [0.29, 0.717) is 0 Å². The van der Waals surface area contributed by atoms with Gasteiger partial charge in [-0.3, -0.25) is 0 Å². The number of nitrogens with zero attached hydrogens (tertiary/aromatic N) is 3. The summed E-state index contributed by atoms with van der Waals surface area (Å²) in [7, 11) is 0. The van der Waals surface area contributed by atoms with Crippen molar-refractivity contribution < 1.29 is 9.53 Å². The topological polar surface area (TPSA) is 65.7 Å². The number of carbonyl (C=O) groups is 1. The number of nitriles is 1. The second-order valence-electron chi connectivity index (χ2n) is 4.71. The van der Waals surface area contributed by atoms with Gasteiger partial charge in [0.2, 0.25) is 0 Å². The molecule has 2 aromatic rings. The molecular weight excluding hydrogens is 302 g/mol. The molecule has 0 atom stereocenters. The second-order valence-corrected chi connectivity index (χ2v) is 4.71. The number of para-hydroxylation sites is 1. The van der Waals surface area contributed by atoms with Gasteiger partial charge < -0.3 is 4.74 Å². The van der Waals surface area contributed by atoms with Gasteiger partial charge >= 0.3 is 5.97 Å². The minimum atomic E-state index is -0.671. The van der Waals surface area contributed by atoms with Gasteiger partial charge in [-0.2, -0.15) is 10.4 Å². The molecule has 0 radical (unpaired) electrons. The average molecular weight is 319 g/mol. The molecule has 2 aromatic carbocycles. The number of hydrogen-bond acceptors (Lipinski definition) is 5. The first kappa shape index (κ1) is 17.0. The molecule has 120 valence electrons. The van der Waals surface area contributed by atoms with Crippen molar-refractivity contribution >= 4 is 17.9 Å². The summed E-state index contributed by atoms with van der Waals surface area (Å²) in [6, 6.07) is 20.7. The smallest absolute Gasteiger partial charge is 0.350 e. The Bertz CT molecular complexity index is 762. The average Bonchev–Trinajstić information content (AvgIpc) is 2.63. The fourth-order valence-electron chi connectivity index (χ4n) is 1.88. The van der Waals surface area contributed by atoms with Gasteiger partial charge in [0.15, 0.2) is 5.57 Å². The van der Waals surface area contributed by atoms with Gasteiger partial charge in [0.1, 0.15) is 6.07 Å². The Labute approximate surface area is 141 Å². The van der Waals surface area contributed by atoms with Crippen molar-refractivity contribution in [3.05, 3.63) is 78.0 Å². The van der Waals surface area contributed by atoms with Crippen molar-refractivity contribution in [2.75, 3.05) is 11.6 Å². The highest BCUT2D eigenvalue weighted by Crippen LogP contribution is 2.16. The highest BCUT2D eigenvalue weighted by Gasteiger charge is 2.12. The Kier molecular flexibility index (Phi) is 6.30. The van der Waals surface area contributed by atoms with E-state index in [1.54, 1.807) is 13.1 Å². The van der Waals surface area contributed by atoms with E-state index in [1.165, 1.54) is 11.2 Å². The Morgan fingerprint density at radius 3 is 2.38 bits per heavy atom. The predicted molar refractivity (Wildman–Crippen MR) is 93.3 cm³/mol. The molecule has 0 aliphatic heterocycles. The molecule has 24 heavy (non-hydrogen) atoms. The molecule has 0 spiro atoms. The summed E-state index contributed by atoms with van der Waals surface area (Å²) in [5.41, 5.74) is 1.51. The lowest BCUT2D eigenvalue weighted by molar-refractivity contribution is -0.138. The first-order chi connectivity index (χ1) is 11.7. The van der Waals surface area contributed by atoms with Crippen LogP contribution in [-0.2, 0) is 9.53 Å². The maximum absolute atomic E-state index is 11.8. The highest BCUT2D eigenvalue weighted by atomic mass is 16.5. The first-order valence-electron chi connectivity index (χ1n) is 7.47. The van der Waals surface area contributed by atoms with Crippen LogP contribution in [0, 0.1) is 11.3 Å². The zero-order chi connectivity index (χ0) is 17.2. The van der Waals surface area contributed by atoms with E-state index in [4.69, 9.17) is 4.74 Å². The molecular formula is C19H17N3O2. The van der Waals surface area contributed by atoms with Gasteiger partial charge in [-0.05, 0) is 24.6 Å². The SMILES string of the molecule is CCOC(=O)C(C#N)=CN(N=Cc1ccccc1)c1ccccc1. The van der Waals surface area contributed by atoms with Crippen molar-refractivity contribution in [1.82, 2.24) is 0 Å². The van der Waals surface area contributed by atoms with Crippen molar-refractivity contribution in [3.8, 4) is 6.07 Å². The fraction of sp³-hybridized carbons (Fsp3) is 0.105. The van der Waals surface area contributed by atoms with Gasteiger partial charge in [0.05, 0.1) is 24.7 Å². The molecule has 0 aliphatic carbocycles.